The van der Waals surface area contributed by atoms with Crippen molar-refractivity contribution in [3.8, 4) is 16.9 Å². The number of hydrogen-bond acceptors (Lipinski definition) is 4. The molecule has 0 saturated carbocycles. The molecule has 1 saturated heterocycles. The van der Waals surface area contributed by atoms with Gasteiger partial charge in [-0.2, -0.15) is 0 Å². The average Bonchev–Trinajstić information content (AvgIpc) is 3.03. The highest BCUT2D eigenvalue weighted by molar-refractivity contribution is 7.14. The van der Waals surface area contributed by atoms with Crippen molar-refractivity contribution in [2.24, 2.45) is 5.92 Å². The molecule has 1 fully saturated rings. The Morgan fingerprint density at radius 2 is 1.96 bits per heavy atom. The number of piperidine rings is 1. The van der Waals surface area contributed by atoms with Crippen molar-refractivity contribution in [2.45, 2.75) is 19.8 Å². The maximum Gasteiger partial charge on any atom is 0.263 e. The number of ether oxygens (including phenoxy) is 1. The van der Waals surface area contributed by atoms with Crippen LogP contribution >= 0.6 is 11.3 Å². The number of benzene rings is 1. The predicted molar refractivity (Wildman–Crippen MR) is 96.8 cm³/mol. The van der Waals surface area contributed by atoms with Gasteiger partial charge in [-0.3, -0.25) is 4.79 Å². The van der Waals surface area contributed by atoms with Gasteiger partial charge >= 0.3 is 0 Å². The molecular weight excluding hydrogens is 322 g/mol. The van der Waals surface area contributed by atoms with Gasteiger partial charge in [0.1, 0.15) is 5.75 Å². The monoisotopic (exact) mass is 345 g/mol. The molecule has 0 aliphatic carbocycles. The third-order valence-electron chi connectivity index (χ3n) is 4.69. The van der Waals surface area contributed by atoms with E-state index in [0.29, 0.717) is 5.92 Å². The van der Waals surface area contributed by atoms with Crippen molar-refractivity contribution in [3.05, 3.63) is 40.1 Å². The highest BCUT2D eigenvalue weighted by atomic mass is 32.1. The lowest BCUT2D eigenvalue weighted by Gasteiger charge is -2.30. The van der Waals surface area contributed by atoms with E-state index in [0.717, 1.165) is 52.6 Å². The molecule has 0 unspecified atom stereocenters. The number of amides is 1. The predicted octanol–water partition coefficient (Wildman–Crippen LogP) is 3.58. The van der Waals surface area contributed by atoms with E-state index in [2.05, 4.69) is 6.92 Å². The fraction of sp³-hybridized carbons (Fsp3) is 0.421. The highest BCUT2D eigenvalue weighted by Crippen LogP contribution is 2.33. The van der Waals surface area contributed by atoms with Crippen LogP contribution in [0.4, 0.5) is 0 Å². The Morgan fingerprint density at radius 3 is 2.54 bits per heavy atom. The zero-order chi connectivity index (χ0) is 17.1. The summed E-state index contributed by atoms with van der Waals surface area (Å²) in [6, 6.07) is 9.92. The molecule has 1 aromatic heterocycles. The summed E-state index contributed by atoms with van der Waals surface area (Å²) in [5.41, 5.74) is 2.21. The van der Waals surface area contributed by atoms with Crippen LogP contribution in [0.3, 0.4) is 0 Å². The lowest BCUT2D eigenvalue weighted by molar-refractivity contribution is 0.0655. The van der Waals surface area contributed by atoms with Crippen LogP contribution in [-0.2, 0) is 0 Å². The van der Waals surface area contributed by atoms with Gasteiger partial charge in [0.25, 0.3) is 5.91 Å². The van der Waals surface area contributed by atoms with E-state index in [9.17, 15) is 9.90 Å². The lowest BCUT2D eigenvalue weighted by Crippen LogP contribution is -2.38. The van der Waals surface area contributed by atoms with Gasteiger partial charge in [-0.1, -0.05) is 12.1 Å². The molecule has 5 heteroatoms. The summed E-state index contributed by atoms with van der Waals surface area (Å²) in [4.78, 5) is 16.6. The molecule has 1 aromatic carbocycles. The molecule has 4 nitrogen and oxygen atoms in total. The number of aliphatic hydroxyl groups is 1. The summed E-state index contributed by atoms with van der Waals surface area (Å²) < 4.78 is 5.20. The molecule has 1 aliphatic heterocycles. The van der Waals surface area contributed by atoms with Crippen molar-refractivity contribution in [3.63, 3.8) is 0 Å². The number of likely N-dealkylation sites (tertiary alicyclic amines) is 1. The quantitative estimate of drug-likeness (QED) is 0.921. The third kappa shape index (κ3) is 3.47. The molecule has 1 amide bonds. The van der Waals surface area contributed by atoms with Gasteiger partial charge in [-0.05, 0) is 55.0 Å². The number of carbonyl (C=O) groups is 1. The van der Waals surface area contributed by atoms with Gasteiger partial charge in [0.2, 0.25) is 0 Å². The van der Waals surface area contributed by atoms with Crippen LogP contribution in [0.15, 0.2) is 30.3 Å². The third-order valence-corrected chi connectivity index (χ3v) is 5.73. The van der Waals surface area contributed by atoms with Crippen LogP contribution in [0, 0.1) is 12.8 Å². The smallest absolute Gasteiger partial charge is 0.263 e. The van der Waals surface area contributed by atoms with E-state index in [-0.39, 0.29) is 12.5 Å². The number of aliphatic hydroxyl groups excluding tert-OH is 1. The minimum atomic E-state index is 0.110. The molecule has 0 radical (unpaired) electrons. The van der Waals surface area contributed by atoms with Crippen LogP contribution in [0.5, 0.6) is 5.75 Å². The van der Waals surface area contributed by atoms with Gasteiger partial charge in [0.15, 0.2) is 0 Å². The topological polar surface area (TPSA) is 49.8 Å². The number of nitrogens with zero attached hydrogens (tertiary/aromatic N) is 1. The Labute approximate surface area is 146 Å². The molecule has 128 valence electrons. The SMILES string of the molecule is COc1ccc(-c2cc(C(=O)N3CCC(CO)CC3)sc2C)cc1. The first-order valence-electron chi connectivity index (χ1n) is 8.27. The first-order valence-corrected chi connectivity index (χ1v) is 9.09. The Morgan fingerprint density at radius 1 is 1.29 bits per heavy atom. The molecule has 2 heterocycles. The summed E-state index contributed by atoms with van der Waals surface area (Å²) in [5.74, 6) is 1.28. The summed E-state index contributed by atoms with van der Waals surface area (Å²) in [7, 11) is 1.65. The largest absolute Gasteiger partial charge is 0.497 e. The zero-order valence-electron chi connectivity index (χ0n) is 14.1. The first kappa shape index (κ1) is 17.0. The van der Waals surface area contributed by atoms with Crippen molar-refractivity contribution in [2.75, 3.05) is 26.8 Å². The van der Waals surface area contributed by atoms with Crippen molar-refractivity contribution in [1.29, 1.82) is 0 Å². The Bertz CT molecular complexity index is 700. The van der Waals surface area contributed by atoms with Crippen molar-refractivity contribution in [1.82, 2.24) is 4.90 Å². The van der Waals surface area contributed by atoms with Crippen LogP contribution in [0.1, 0.15) is 27.4 Å². The number of rotatable bonds is 4. The number of aryl methyl sites for hydroxylation is 1. The summed E-state index contributed by atoms with van der Waals surface area (Å²) >= 11 is 1.56. The number of carbonyl (C=O) groups excluding carboxylic acids is 1. The fourth-order valence-electron chi connectivity index (χ4n) is 3.12. The highest BCUT2D eigenvalue weighted by Gasteiger charge is 2.25. The fourth-order valence-corrected chi connectivity index (χ4v) is 4.13. The molecule has 1 aliphatic rings. The Hall–Kier alpha value is -1.85. The number of methoxy groups -OCH3 is 1. The van der Waals surface area contributed by atoms with E-state index < -0.39 is 0 Å². The number of thiophene rings is 1. The van der Waals surface area contributed by atoms with E-state index in [1.807, 2.05) is 35.2 Å². The second kappa shape index (κ2) is 7.36. The van der Waals surface area contributed by atoms with E-state index >= 15 is 0 Å². The standard InChI is InChI=1S/C19H23NO3S/c1-13-17(15-3-5-16(23-2)6-4-15)11-18(24-13)19(22)20-9-7-14(12-21)8-10-20/h3-6,11,14,21H,7-10,12H2,1-2H3. The van der Waals surface area contributed by atoms with Crippen LogP contribution in [-0.4, -0.2) is 42.7 Å². The Kier molecular flexibility index (Phi) is 5.21. The van der Waals surface area contributed by atoms with E-state index in [1.54, 1.807) is 18.4 Å². The molecule has 1 N–H and O–H groups in total. The van der Waals surface area contributed by atoms with Gasteiger partial charge in [0.05, 0.1) is 12.0 Å². The zero-order valence-corrected chi connectivity index (χ0v) is 14.9. The average molecular weight is 345 g/mol. The molecule has 0 bridgehead atoms. The molecule has 3 rings (SSSR count). The van der Waals surface area contributed by atoms with Gasteiger partial charge in [-0.15, -0.1) is 11.3 Å². The summed E-state index contributed by atoms with van der Waals surface area (Å²) in [6.45, 7) is 3.75. The summed E-state index contributed by atoms with van der Waals surface area (Å²) in [5, 5.41) is 9.23. The van der Waals surface area contributed by atoms with Gasteiger partial charge in [-0.25, -0.2) is 0 Å². The maximum atomic E-state index is 12.7. The Balaban J connectivity index is 1.77. The maximum absolute atomic E-state index is 12.7. The van der Waals surface area contributed by atoms with Crippen LogP contribution in [0.2, 0.25) is 0 Å². The van der Waals surface area contributed by atoms with Crippen molar-refractivity contribution >= 4 is 17.2 Å². The van der Waals surface area contributed by atoms with Crippen LogP contribution in [0.25, 0.3) is 11.1 Å². The van der Waals surface area contributed by atoms with Crippen molar-refractivity contribution < 1.29 is 14.6 Å². The van der Waals surface area contributed by atoms with Crippen LogP contribution < -0.4 is 4.74 Å². The minimum absolute atomic E-state index is 0.110. The normalized spacial score (nSPS) is 15.5. The molecule has 2 aromatic rings. The first-order chi connectivity index (χ1) is 11.6. The molecular formula is C19H23NO3S. The minimum Gasteiger partial charge on any atom is -0.497 e. The lowest BCUT2D eigenvalue weighted by atomic mass is 9.98. The molecule has 24 heavy (non-hydrogen) atoms. The second-order valence-corrected chi connectivity index (χ2v) is 7.48. The van der Waals surface area contributed by atoms with E-state index in [4.69, 9.17) is 4.74 Å². The molecule has 0 atom stereocenters. The molecule has 0 spiro atoms. The van der Waals surface area contributed by atoms with Gasteiger partial charge < -0.3 is 14.7 Å². The van der Waals surface area contributed by atoms with E-state index in [1.165, 1.54) is 0 Å². The summed E-state index contributed by atoms with van der Waals surface area (Å²) in [6.07, 6.45) is 1.77. The second-order valence-electron chi connectivity index (χ2n) is 6.23. The van der Waals surface area contributed by atoms with Gasteiger partial charge in [0, 0.05) is 24.6 Å². The number of hydrogen-bond donors (Lipinski definition) is 1.